The number of amides is 2. The fraction of sp³-hybridized carbons (Fsp3) is 0.455. The molecular formula is C22H27N5O3. The number of piperidine rings is 1. The second-order valence-electron chi connectivity index (χ2n) is 8.61. The van der Waals surface area contributed by atoms with Crippen molar-refractivity contribution in [1.82, 2.24) is 9.97 Å². The summed E-state index contributed by atoms with van der Waals surface area (Å²) in [5.41, 5.74) is 1.39. The van der Waals surface area contributed by atoms with Crippen molar-refractivity contribution in [2.24, 2.45) is 11.8 Å². The monoisotopic (exact) mass is 409 g/mol. The van der Waals surface area contributed by atoms with Gasteiger partial charge in [-0.3, -0.25) is 19.4 Å². The van der Waals surface area contributed by atoms with Crippen LogP contribution in [0.2, 0.25) is 0 Å². The van der Waals surface area contributed by atoms with Crippen molar-refractivity contribution in [2.45, 2.75) is 39.5 Å². The summed E-state index contributed by atoms with van der Waals surface area (Å²) >= 11 is 0. The quantitative estimate of drug-likeness (QED) is 0.722. The van der Waals surface area contributed by atoms with Crippen molar-refractivity contribution in [3.63, 3.8) is 0 Å². The zero-order chi connectivity index (χ0) is 21.4. The molecule has 0 saturated carbocycles. The number of nitrogens with one attached hydrogen (secondary N) is 3. The van der Waals surface area contributed by atoms with Crippen LogP contribution < -0.4 is 21.1 Å². The van der Waals surface area contributed by atoms with E-state index in [9.17, 15) is 14.4 Å². The Bertz CT molecular complexity index is 1040. The summed E-state index contributed by atoms with van der Waals surface area (Å²) in [4.78, 5) is 47.7. The van der Waals surface area contributed by atoms with E-state index < -0.39 is 5.92 Å². The predicted molar refractivity (Wildman–Crippen MR) is 116 cm³/mol. The minimum Gasteiger partial charge on any atom is -0.342 e. The largest absolute Gasteiger partial charge is 0.342 e. The molecular weight excluding hydrogens is 382 g/mol. The number of H-pyrrole nitrogens is 1. The van der Waals surface area contributed by atoms with E-state index in [0.717, 1.165) is 25.1 Å². The average Bonchev–Trinajstić information content (AvgIpc) is 2.68. The van der Waals surface area contributed by atoms with E-state index in [1.807, 2.05) is 30.0 Å². The summed E-state index contributed by atoms with van der Waals surface area (Å²) in [6, 6.07) is 7.39. The highest BCUT2D eigenvalue weighted by Gasteiger charge is 2.35. The topological polar surface area (TPSA) is 107 Å². The number of aromatic amines is 1. The van der Waals surface area contributed by atoms with Gasteiger partial charge in [-0.05, 0) is 36.8 Å². The molecule has 3 heterocycles. The van der Waals surface area contributed by atoms with Gasteiger partial charge in [0.1, 0.15) is 5.82 Å². The van der Waals surface area contributed by atoms with Gasteiger partial charge in [-0.25, -0.2) is 0 Å². The zero-order valence-electron chi connectivity index (χ0n) is 17.5. The van der Waals surface area contributed by atoms with Crippen molar-refractivity contribution in [3.8, 4) is 0 Å². The van der Waals surface area contributed by atoms with Gasteiger partial charge in [-0.15, -0.1) is 0 Å². The number of nitrogens with zero attached hydrogens (tertiary/aromatic N) is 2. The van der Waals surface area contributed by atoms with E-state index in [4.69, 9.17) is 0 Å². The van der Waals surface area contributed by atoms with Gasteiger partial charge in [0.2, 0.25) is 17.8 Å². The van der Waals surface area contributed by atoms with E-state index in [2.05, 4.69) is 34.4 Å². The highest BCUT2D eigenvalue weighted by molar-refractivity contribution is 6.04. The second-order valence-corrected chi connectivity index (χ2v) is 8.61. The van der Waals surface area contributed by atoms with Crippen LogP contribution in [0.15, 0.2) is 29.1 Å². The summed E-state index contributed by atoms with van der Waals surface area (Å²) in [6.45, 7) is 7.81. The fourth-order valence-electron chi connectivity index (χ4n) is 4.50. The number of benzene rings is 1. The Kier molecular flexibility index (Phi) is 5.32. The molecule has 1 aromatic carbocycles. The molecule has 2 aliphatic rings. The fourth-order valence-corrected chi connectivity index (χ4v) is 4.50. The van der Waals surface area contributed by atoms with Gasteiger partial charge in [0.05, 0.1) is 11.5 Å². The summed E-state index contributed by atoms with van der Waals surface area (Å²) in [5, 5.41) is 5.53. The van der Waals surface area contributed by atoms with Crippen LogP contribution in [-0.4, -0.2) is 34.9 Å². The first kappa shape index (κ1) is 20.1. The molecule has 2 aliphatic heterocycles. The summed E-state index contributed by atoms with van der Waals surface area (Å²) in [7, 11) is 0. The lowest BCUT2D eigenvalue weighted by molar-refractivity contribution is -0.123. The van der Waals surface area contributed by atoms with Crippen LogP contribution in [-0.2, 0) is 9.59 Å². The van der Waals surface area contributed by atoms with E-state index in [-0.39, 0.29) is 35.2 Å². The van der Waals surface area contributed by atoms with Crippen molar-refractivity contribution in [2.75, 3.05) is 28.6 Å². The number of hydrogen-bond acceptors (Lipinski definition) is 5. The maximum Gasteiger partial charge on any atom is 0.258 e. The number of aryl methyl sites for hydroxylation is 1. The number of aromatic nitrogens is 2. The van der Waals surface area contributed by atoms with Gasteiger partial charge in [0.25, 0.3) is 5.56 Å². The number of carbonyl (C=O) groups is 2. The Balaban J connectivity index is 1.66. The number of hydrogen-bond donors (Lipinski definition) is 3. The Morgan fingerprint density at radius 3 is 2.57 bits per heavy atom. The maximum atomic E-state index is 13.0. The Hall–Kier alpha value is -3.16. The van der Waals surface area contributed by atoms with Crippen LogP contribution in [0.3, 0.4) is 0 Å². The van der Waals surface area contributed by atoms with Crippen LogP contribution in [0, 0.1) is 18.8 Å². The summed E-state index contributed by atoms with van der Waals surface area (Å²) < 4.78 is 0. The first-order valence-electron chi connectivity index (χ1n) is 10.4. The first-order chi connectivity index (χ1) is 14.3. The molecule has 8 nitrogen and oxygen atoms in total. The smallest absolute Gasteiger partial charge is 0.258 e. The molecule has 1 fully saturated rings. The van der Waals surface area contributed by atoms with Gasteiger partial charge in [0.15, 0.2) is 0 Å². The lowest BCUT2D eigenvalue weighted by Gasteiger charge is -2.35. The van der Waals surface area contributed by atoms with E-state index in [1.54, 1.807) is 6.07 Å². The number of anilines is 3. The zero-order valence-corrected chi connectivity index (χ0v) is 17.5. The molecule has 4 rings (SSSR count). The molecule has 3 atom stereocenters. The standard InChI is InChI=1S/C22H27N5O3/c1-12-8-13(2)11-27(10-12)22-25-19-18(21(30)26-22)15(9-17(28)24-19)20(29)23-16-7-5-4-6-14(16)3/h4-7,12-13,15H,8-11H2,1-3H3,(H,23,29)(H2,24,25,26,28,30). The minimum atomic E-state index is -0.891. The predicted octanol–water partition coefficient (Wildman–Crippen LogP) is 2.63. The third kappa shape index (κ3) is 3.94. The van der Waals surface area contributed by atoms with Crippen LogP contribution in [0.4, 0.5) is 17.5 Å². The highest BCUT2D eigenvalue weighted by Crippen LogP contribution is 2.31. The molecule has 1 aromatic heterocycles. The van der Waals surface area contributed by atoms with Crippen molar-refractivity contribution in [1.29, 1.82) is 0 Å². The van der Waals surface area contributed by atoms with Gasteiger partial charge in [-0.2, -0.15) is 4.98 Å². The molecule has 2 aromatic rings. The Morgan fingerprint density at radius 2 is 1.87 bits per heavy atom. The van der Waals surface area contributed by atoms with Crippen molar-refractivity contribution >= 4 is 29.3 Å². The molecule has 8 heteroatoms. The number of rotatable bonds is 3. The molecule has 3 unspecified atom stereocenters. The highest BCUT2D eigenvalue weighted by atomic mass is 16.2. The molecule has 2 amide bonds. The molecule has 0 aliphatic carbocycles. The van der Waals surface area contributed by atoms with E-state index in [1.165, 1.54) is 0 Å². The number of para-hydroxylation sites is 1. The summed E-state index contributed by atoms with van der Waals surface area (Å²) in [6.07, 6.45) is 1.04. The SMILES string of the molecule is Cc1ccccc1NC(=O)C1CC(=O)Nc2nc(N3CC(C)CC(C)C3)[nH]c(=O)c21. The molecule has 30 heavy (non-hydrogen) atoms. The molecule has 158 valence electrons. The van der Waals surface area contributed by atoms with Crippen LogP contribution in [0.5, 0.6) is 0 Å². The number of fused-ring (bicyclic) bond motifs is 1. The third-order valence-electron chi connectivity index (χ3n) is 5.83. The Labute approximate surface area is 175 Å². The molecule has 0 bridgehead atoms. The van der Waals surface area contributed by atoms with Crippen LogP contribution in [0.25, 0.3) is 0 Å². The number of carbonyl (C=O) groups excluding carboxylic acids is 2. The first-order valence-corrected chi connectivity index (χ1v) is 10.4. The van der Waals surface area contributed by atoms with Crippen molar-refractivity contribution < 1.29 is 9.59 Å². The molecule has 1 saturated heterocycles. The molecule has 0 radical (unpaired) electrons. The van der Waals surface area contributed by atoms with Gasteiger partial charge < -0.3 is 15.5 Å². The van der Waals surface area contributed by atoms with Gasteiger partial charge >= 0.3 is 0 Å². The Morgan fingerprint density at radius 1 is 1.17 bits per heavy atom. The average molecular weight is 409 g/mol. The second kappa shape index (κ2) is 7.93. The minimum absolute atomic E-state index is 0.0907. The van der Waals surface area contributed by atoms with Crippen LogP contribution >= 0.6 is 0 Å². The lowest BCUT2D eigenvalue weighted by atomic mass is 9.91. The van der Waals surface area contributed by atoms with Crippen LogP contribution in [0.1, 0.15) is 43.7 Å². The van der Waals surface area contributed by atoms with E-state index >= 15 is 0 Å². The summed E-state index contributed by atoms with van der Waals surface area (Å²) in [5.74, 6) is -0.0109. The lowest BCUT2D eigenvalue weighted by Crippen LogP contribution is -2.42. The maximum absolute atomic E-state index is 13.0. The van der Waals surface area contributed by atoms with Crippen molar-refractivity contribution in [3.05, 3.63) is 45.7 Å². The molecule has 3 N–H and O–H groups in total. The normalized spacial score (nSPS) is 23.5. The van der Waals surface area contributed by atoms with Gasteiger partial charge in [-0.1, -0.05) is 32.0 Å². The van der Waals surface area contributed by atoms with Gasteiger partial charge in [0, 0.05) is 25.2 Å². The molecule has 0 spiro atoms. The van der Waals surface area contributed by atoms with E-state index in [0.29, 0.717) is 23.5 Å². The third-order valence-corrected chi connectivity index (χ3v) is 5.83.